The van der Waals surface area contributed by atoms with Crippen LogP contribution in [0.4, 0.5) is 0 Å². The van der Waals surface area contributed by atoms with Crippen molar-refractivity contribution in [2.75, 3.05) is 0 Å². The minimum absolute atomic E-state index is 0.988. The summed E-state index contributed by atoms with van der Waals surface area (Å²) in [7, 11) is -3.11. The lowest BCUT2D eigenvalue weighted by Crippen LogP contribution is -2.13. The van der Waals surface area contributed by atoms with Gasteiger partial charge in [0.25, 0.3) is 0 Å². The summed E-state index contributed by atoms with van der Waals surface area (Å²) in [6.07, 6.45) is 30.7. The van der Waals surface area contributed by atoms with Gasteiger partial charge in [-0.2, -0.15) is 0 Å². The predicted octanol–water partition coefficient (Wildman–Crippen LogP) is 22.5. The molecule has 0 aromatic heterocycles. The van der Waals surface area contributed by atoms with E-state index in [4.69, 9.17) is 18.1 Å². The highest BCUT2D eigenvalue weighted by atomic mass is 31.2. The van der Waals surface area contributed by atoms with Crippen molar-refractivity contribution in [3.63, 3.8) is 0 Å². The number of hydrogen-bond acceptors (Lipinski definition) is 4. The van der Waals surface area contributed by atoms with Crippen LogP contribution in [0.1, 0.15) is 253 Å². The van der Waals surface area contributed by atoms with Gasteiger partial charge in [0.05, 0.1) is 10.6 Å². The lowest BCUT2D eigenvalue weighted by atomic mass is 9.95. The van der Waals surface area contributed by atoms with E-state index in [2.05, 4.69) is 180 Å². The Morgan fingerprint density at radius 1 is 0.232 bits per heavy atom. The highest BCUT2D eigenvalue weighted by molar-refractivity contribution is 7.57. The van der Waals surface area contributed by atoms with E-state index in [1.807, 2.05) is 0 Å². The first kappa shape index (κ1) is 66.5. The molecule has 0 N–H and O–H groups in total. The Bertz CT molecular complexity index is 2470. The Kier molecular flexibility index (Phi) is 29.4. The summed E-state index contributed by atoms with van der Waals surface area (Å²) in [5.74, 6) is 3.95. The summed E-state index contributed by atoms with van der Waals surface area (Å²) in [6.45, 7) is 27.5. The van der Waals surface area contributed by atoms with Crippen molar-refractivity contribution >= 4 is 27.4 Å². The molecule has 6 aromatic carbocycles. The van der Waals surface area contributed by atoms with Crippen LogP contribution >= 0.6 is 16.8 Å². The summed E-state index contributed by atoms with van der Waals surface area (Å²) in [4.78, 5) is 0. The fourth-order valence-electron chi connectivity index (χ4n) is 11.3. The fourth-order valence-corrected chi connectivity index (χ4v) is 14.0. The molecule has 0 heterocycles. The van der Waals surface area contributed by atoms with E-state index in [0.29, 0.717) is 0 Å². The molecule has 0 amide bonds. The SMILES string of the molecule is CCCCc1cc(OP(Oc2cc(CCCC)c(CC)cc2CCCC)c2ccc(-c3ccc(P(Oc4cc(CCCC)c(CC)cc4CCCC)Oc4cc(CCCC)c(CC)cc4CCCC)cc3)cc2)c(CCCC)cc1CC. The van der Waals surface area contributed by atoms with Crippen molar-refractivity contribution in [1.82, 2.24) is 0 Å². The zero-order valence-corrected chi connectivity index (χ0v) is 55.4. The van der Waals surface area contributed by atoms with Crippen molar-refractivity contribution in [1.29, 1.82) is 0 Å². The van der Waals surface area contributed by atoms with E-state index in [9.17, 15) is 0 Å². The van der Waals surface area contributed by atoms with Gasteiger partial charge in [-0.25, -0.2) is 0 Å². The van der Waals surface area contributed by atoms with Crippen LogP contribution in [-0.2, 0) is 77.0 Å². The molecule has 0 aliphatic heterocycles. The van der Waals surface area contributed by atoms with Crippen molar-refractivity contribution in [2.24, 2.45) is 0 Å². The number of aryl methyl sites for hydroxylation is 12. The third-order valence-electron chi connectivity index (χ3n) is 16.7. The molecular weight excluding hydrogens is 1040 g/mol. The minimum atomic E-state index is -1.56. The highest BCUT2D eigenvalue weighted by Crippen LogP contribution is 2.47. The summed E-state index contributed by atoms with van der Waals surface area (Å²) < 4.78 is 29.7. The van der Waals surface area contributed by atoms with Crippen molar-refractivity contribution in [3.05, 3.63) is 164 Å². The standard InChI is InChI=1S/C76H108O4P2/c1-13-25-33-63-53-73(67(37-29-17-5)49-57(63)21-9)77-81(78-74-54-64(34-26-14-2)58(22-10)50-68(74)38-30-18-6)71-45-41-61(42-46-71)62-43-47-72(48-44-62)82(79-75-55-65(35-27-15-3)59(23-11)51-69(75)39-31-19-7)80-76-56-66(36-28-16-4)60(24-12)52-70(76)40-32-20-8/h41-56H,13-40H2,1-12H3. The molecule has 0 saturated carbocycles. The number of rotatable bonds is 39. The molecule has 0 unspecified atom stereocenters. The quantitative estimate of drug-likeness (QED) is 0.0361. The van der Waals surface area contributed by atoms with Gasteiger partial charge >= 0.3 is 16.8 Å². The molecular formula is C76H108O4P2. The van der Waals surface area contributed by atoms with Crippen molar-refractivity contribution < 1.29 is 18.1 Å². The minimum Gasteiger partial charge on any atom is -0.435 e. The van der Waals surface area contributed by atoms with Crippen LogP contribution in [0.5, 0.6) is 23.0 Å². The van der Waals surface area contributed by atoms with Crippen LogP contribution in [-0.4, -0.2) is 0 Å². The maximum atomic E-state index is 7.43. The molecule has 0 bridgehead atoms. The second kappa shape index (κ2) is 36.3. The van der Waals surface area contributed by atoms with Crippen LogP contribution in [0.3, 0.4) is 0 Å². The number of hydrogen-bond donors (Lipinski definition) is 0. The maximum Gasteiger partial charge on any atom is 0.326 e. The maximum absolute atomic E-state index is 7.43. The van der Waals surface area contributed by atoms with Gasteiger partial charge in [0.1, 0.15) is 23.0 Å². The van der Waals surface area contributed by atoms with Gasteiger partial charge in [-0.15, -0.1) is 0 Å². The van der Waals surface area contributed by atoms with E-state index >= 15 is 0 Å². The zero-order chi connectivity index (χ0) is 58.6. The predicted molar refractivity (Wildman–Crippen MR) is 360 cm³/mol. The van der Waals surface area contributed by atoms with E-state index in [0.717, 1.165) is 173 Å². The first-order chi connectivity index (χ1) is 40.1. The van der Waals surface area contributed by atoms with Gasteiger partial charge in [-0.05, 0) is 255 Å². The molecule has 6 aromatic rings. The average molecular weight is 1150 g/mol. The molecule has 6 rings (SSSR count). The molecule has 446 valence electrons. The molecule has 0 aliphatic rings. The smallest absolute Gasteiger partial charge is 0.326 e. The topological polar surface area (TPSA) is 36.9 Å². The summed E-state index contributed by atoms with van der Waals surface area (Å²) >= 11 is 0. The Morgan fingerprint density at radius 3 is 0.610 bits per heavy atom. The molecule has 0 atom stereocenters. The third-order valence-corrected chi connectivity index (χ3v) is 19.6. The van der Waals surface area contributed by atoms with Crippen LogP contribution in [0.2, 0.25) is 0 Å². The van der Waals surface area contributed by atoms with Gasteiger partial charge in [0.2, 0.25) is 0 Å². The Hall–Kier alpha value is -4.62. The Morgan fingerprint density at radius 2 is 0.427 bits per heavy atom. The second-order valence-corrected chi connectivity index (χ2v) is 25.9. The first-order valence-corrected chi connectivity index (χ1v) is 35.6. The molecule has 0 aliphatic carbocycles. The number of benzene rings is 6. The second-order valence-electron chi connectivity index (χ2n) is 23.1. The van der Waals surface area contributed by atoms with Crippen molar-refractivity contribution in [2.45, 2.75) is 263 Å². The van der Waals surface area contributed by atoms with Crippen LogP contribution in [0.15, 0.2) is 97.1 Å². The molecule has 0 spiro atoms. The monoisotopic (exact) mass is 1150 g/mol. The Labute approximate surface area is 503 Å². The average Bonchev–Trinajstić information content (AvgIpc) is 3.70. The van der Waals surface area contributed by atoms with E-state index in [1.165, 1.54) is 118 Å². The lowest BCUT2D eigenvalue weighted by molar-refractivity contribution is 0.490. The molecule has 0 radical (unpaired) electrons. The third kappa shape index (κ3) is 19.2. The Balaban J connectivity index is 1.45. The molecule has 0 saturated heterocycles. The molecule has 0 fully saturated rings. The molecule has 4 nitrogen and oxygen atoms in total. The highest BCUT2D eigenvalue weighted by Gasteiger charge is 2.27. The van der Waals surface area contributed by atoms with Crippen LogP contribution in [0, 0.1) is 0 Å². The van der Waals surface area contributed by atoms with Gasteiger partial charge in [-0.3, -0.25) is 0 Å². The number of unbranched alkanes of at least 4 members (excludes halogenated alkanes) is 8. The fraction of sp³-hybridized carbons (Fsp3) is 0.526. The largest absolute Gasteiger partial charge is 0.435 e. The van der Waals surface area contributed by atoms with Crippen LogP contribution < -0.4 is 28.7 Å². The summed E-state index contributed by atoms with van der Waals surface area (Å²) in [5, 5.41) is 2.15. The summed E-state index contributed by atoms with van der Waals surface area (Å²) in [5.41, 5.74) is 19.0. The first-order valence-electron chi connectivity index (χ1n) is 33.2. The summed E-state index contributed by atoms with van der Waals surface area (Å²) in [6, 6.07) is 37.6. The van der Waals surface area contributed by atoms with Gasteiger partial charge in [-0.1, -0.05) is 183 Å². The molecule has 82 heavy (non-hydrogen) atoms. The van der Waals surface area contributed by atoms with Gasteiger partial charge < -0.3 is 18.1 Å². The van der Waals surface area contributed by atoms with Gasteiger partial charge in [0, 0.05) is 0 Å². The van der Waals surface area contributed by atoms with Crippen molar-refractivity contribution in [3.8, 4) is 34.1 Å². The van der Waals surface area contributed by atoms with E-state index in [-0.39, 0.29) is 0 Å². The lowest BCUT2D eigenvalue weighted by Gasteiger charge is -2.25. The zero-order valence-electron chi connectivity index (χ0n) is 53.6. The molecule has 6 heteroatoms. The van der Waals surface area contributed by atoms with E-state index in [1.54, 1.807) is 0 Å². The normalized spacial score (nSPS) is 11.5. The van der Waals surface area contributed by atoms with Crippen LogP contribution in [0.25, 0.3) is 11.1 Å². The van der Waals surface area contributed by atoms with E-state index < -0.39 is 16.8 Å². The van der Waals surface area contributed by atoms with Gasteiger partial charge in [0.15, 0.2) is 0 Å².